The van der Waals surface area contributed by atoms with E-state index in [1.165, 1.54) is 0 Å². The topological polar surface area (TPSA) is 110 Å². The van der Waals surface area contributed by atoms with Gasteiger partial charge in [0.1, 0.15) is 0 Å². The van der Waals surface area contributed by atoms with E-state index in [4.69, 9.17) is 5.73 Å². The van der Waals surface area contributed by atoms with Gasteiger partial charge in [-0.1, -0.05) is 17.3 Å². The summed E-state index contributed by atoms with van der Waals surface area (Å²) in [5, 5.41) is 16.2. The maximum Gasteiger partial charge on any atom is 0.231 e. The number of aromatic amines is 1. The summed E-state index contributed by atoms with van der Waals surface area (Å²) in [7, 11) is 0. The first-order chi connectivity index (χ1) is 9.21. The summed E-state index contributed by atoms with van der Waals surface area (Å²) in [5.41, 5.74) is 6.96. The molecule has 4 N–H and O–H groups in total. The molecule has 0 unspecified atom stereocenters. The van der Waals surface area contributed by atoms with E-state index in [0.29, 0.717) is 11.5 Å². The zero-order valence-corrected chi connectivity index (χ0v) is 10.3. The predicted octanol–water partition coefficient (Wildman–Crippen LogP) is 0.130. The van der Waals surface area contributed by atoms with E-state index in [1.807, 2.05) is 24.3 Å². The third-order valence-corrected chi connectivity index (χ3v) is 3.44. The first-order valence-corrected chi connectivity index (χ1v) is 6.07. The second kappa shape index (κ2) is 4.34. The second-order valence-electron chi connectivity index (χ2n) is 4.71. The van der Waals surface area contributed by atoms with Crippen LogP contribution in [0.1, 0.15) is 24.2 Å². The second-order valence-corrected chi connectivity index (χ2v) is 4.71. The van der Waals surface area contributed by atoms with Gasteiger partial charge in [-0.05, 0) is 30.5 Å². The van der Waals surface area contributed by atoms with Gasteiger partial charge >= 0.3 is 0 Å². The Hall–Kier alpha value is -2.44. The standard InChI is InChI=1S/C12H14N6O/c13-9-3-1-8(2-4-9)12(5-6-12)11(19)14-7-10-15-17-18-16-10/h1-4H,5-7,13H2,(H,14,19)(H,15,16,17,18). The normalized spacial score (nSPS) is 16.0. The Labute approximate surface area is 109 Å². The number of carbonyl (C=O) groups is 1. The van der Waals surface area contributed by atoms with Gasteiger partial charge in [-0.15, -0.1) is 10.2 Å². The lowest BCUT2D eigenvalue weighted by Crippen LogP contribution is -2.34. The molecule has 0 bridgehead atoms. The van der Waals surface area contributed by atoms with Crippen molar-refractivity contribution in [2.24, 2.45) is 0 Å². The minimum absolute atomic E-state index is 0.00192. The number of tetrazole rings is 1. The SMILES string of the molecule is Nc1ccc(C2(C(=O)NCc3nn[nH]n3)CC2)cc1. The van der Waals surface area contributed by atoms with Gasteiger partial charge in [0.15, 0.2) is 5.82 Å². The van der Waals surface area contributed by atoms with Crippen LogP contribution in [0.4, 0.5) is 5.69 Å². The number of hydrogen-bond donors (Lipinski definition) is 3. The lowest BCUT2D eigenvalue weighted by molar-refractivity contribution is -0.123. The zero-order valence-electron chi connectivity index (χ0n) is 10.3. The zero-order chi connectivity index (χ0) is 13.3. The molecule has 0 spiro atoms. The smallest absolute Gasteiger partial charge is 0.231 e. The first kappa shape index (κ1) is 11.6. The lowest BCUT2D eigenvalue weighted by Gasteiger charge is -2.15. The summed E-state index contributed by atoms with van der Waals surface area (Å²) in [6.45, 7) is 0.284. The molecule has 0 atom stereocenters. The number of rotatable bonds is 4. The van der Waals surface area contributed by atoms with Crippen molar-refractivity contribution < 1.29 is 4.79 Å². The van der Waals surface area contributed by atoms with Gasteiger partial charge in [0.25, 0.3) is 0 Å². The van der Waals surface area contributed by atoms with Crippen LogP contribution >= 0.6 is 0 Å². The molecule has 1 aromatic heterocycles. The highest BCUT2D eigenvalue weighted by Gasteiger charge is 2.51. The Balaban J connectivity index is 1.70. The molecule has 7 heteroatoms. The first-order valence-electron chi connectivity index (χ1n) is 6.07. The molecule has 1 aliphatic rings. The molecule has 0 saturated heterocycles. The van der Waals surface area contributed by atoms with Crippen LogP contribution in [-0.2, 0) is 16.8 Å². The Morgan fingerprint density at radius 3 is 2.68 bits per heavy atom. The Kier molecular flexibility index (Phi) is 2.66. The highest BCUT2D eigenvalue weighted by atomic mass is 16.2. The molecule has 1 aromatic carbocycles. The van der Waals surface area contributed by atoms with E-state index in [0.717, 1.165) is 18.4 Å². The minimum Gasteiger partial charge on any atom is -0.399 e. The van der Waals surface area contributed by atoms with E-state index in [-0.39, 0.29) is 12.5 Å². The average molecular weight is 258 g/mol. The number of carbonyl (C=O) groups excluding carboxylic acids is 1. The van der Waals surface area contributed by atoms with Gasteiger partial charge in [-0.25, -0.2) is 0 Å². The summed E-state index contributed by atoms with van der Waals surface area (Å²) in [5.74, 6) is 0.475. The maximum absolute atomic E-state index is 12.3. The van der Waals surface area contributed by atoms with Gasteiger partial charge < -0.3 is 11.1 Å². The summed E-state index contributed by atoms with van der Waals surface area (Å²) in [4.78, 5) is 12.3. The van der Waals surface area contributed by atoms with E-state index in [2.05, 4.69) is 25.9 Å². The molecule has 1 fully saturated rings. The number of nitrogen functional groups attached to an aromatic ring is 1. The van der Waals surface area contributed by atoms with E-state index >= 15 is 0 Å². The Morgan fingerprint density at radius 1 is 1.37 bits per heavy atom. The van der Waals surface area contributed by atoms with Crippen molar-refractivity contribution in [2.45, 2.75) is 24.8 Å². The van der Waals surface area contributed by atoms with Gasteiger partial charge in [-0.2, -0.15) is 5.21 Å². The quantitative estimate of drug-likeness (QED) is 0.675. The van der Waals surface area contributed by atoms with Crippen LogP contribution in [0.5, 0.6) is 0 Å². The molecule has 3 rings (SSSR count). The fraction of sp³-hybridized carbons (Fsp3) is 0.333. The third-order valence-electron chi connectivity index (χ3n) is 3.44. The number of amides is 1. The largest absolute Gasteiger partial charge is 0.399 e. The molecule has 2 aromatic rings. The molecule has 98 valence electrons. The molecule has 7 nitrogen and oxygen atoms in total. The molecule has 0 radical (unpaired) electrons. The summed E-state index contributed by atoms with van der Waals surface area (Å²) in [6, 6.07) is 7.47. The minimum atomic E-state index is -0.405. The van der Waals surface area contributed by atoms with Gasteiger partial charge in [0.05, 0.1) is 12.0 Å². The van der Waals surface area contributed by atoms with Crippen molar-refractivity contribution in [1.29, 1.82) is 0 Å². The average Bonchev–Trinajstić information content (AvgIpc) is 3.07. The van der Waals surface area contributed by atoms with Crippen LogP contribution < -0.4 is 11.1 Å². The highest BCUT2D eigenvalue weighted by Crippen LogP contribution is 2.48. The molecular formula is C12H14N6O. The van der Waals surface area contributed by atoms with Crippen molar-refractivity contribution >= 4 is 11.6 Å². The number of benzene rings is 1. The summed E-state index contributed by atoms with van der Waals surface area (Å²) in [6.07, 6.45) is 1.71. The van der Waals surface area contributed by atoms with Crippen molar-refractivity contribution in [3.8, 4) is 0 Å². The predicted molar refractivity (Wildman–Crippen MR) is 67.8 cm³/mol. The molecule has 19 heavy (non-hydrogen) atoms. The van der Waals surface area contributed by atoms with Crippen molar-refractivity contribution in [1.82, 2.24) is 25.9 Å². The van der Waals surface area contributed by atoms with Crippen LogP contribution in [0, 0.1) is 0 Å². The fourth-order valence-electron chi connectivity index (χ4n) is 2.16. The highest BCUT2D eigenvalue weighted by molar-refractivity contribution is 5.91. The maximum atomic E-state index is 12.3. The summed E-state index contributed by atoms with van der Waals surface area (Å²) < 4.78 is 0. The molecule has 1 aliphatic carbocycles. The number of H-pyrrole nitrogens is 1. The molecule has 1 saturated carbocycles. The van der Waals surface area contributed by atoms with Crippen LogP contribution in [0.3, 0.4) is 0 Å². The number of hydrogen-bond acceptors (Lipinski definition) is 5. The Bertz CT molecular complexity index is 573. The van der Waals surface area contributed by atoms with Crippen molar-refractivity contribution in [2.75, 3.05) is 5.73 Å². The summed E-state index contributed by atoms with van der Waals surface area (Å²) >= 11 is 0. The van der Waals surface area contributed by atoms with Crippen LogP contribution in [0.2, 0.25) is 0 Å². The third kappa shape index (κ3) is 2.14. The number of nitrogens with zero attached hydrogens (tertiary/aromatic N) is 3. The van der Waals surface area contributed by atoms with E-state index < -0.39 is 5.41 Å². The number of aromatic nitrogens is 4. The number of nitrogens with one attached hydrogen (secondary N) is 2. The van der Waals surface area contributed by atoms with Gasteiger partial charge in [0.2, 0.25) is 5.91 Å². The van der Waals surface area contributed by atoms with E-state index in [1.54, 1.807) is 0 Å². The van der Waals surface area contributed by atoms with Crippen LogP contribution in [0.15, 0.2) is 24.3 Å². The van der Waals surface area contributed by atoms with Crippen molar-refractivity contribution in [3.63, 3.8) is 0 Å². The molecule has 0 aliphatic heterocycles. The number of nitrogens with two attached hydrogens (primary N) is 1. The van der Waals surface area contributed by atoms with Gasteiger partial charge in [0, 0.05) is 5.69 Å². The van der Waals surface area contributed by atoms with Crippen LogP contribution in [0.25, 0.3) is 0 Å². The monoisotopic (exact) mass is 258 g/mol. The van der Waals surface area contributed by atoms with Crippen molar-refractivity contribution in [3.05, 3.63) is 35.7 Å². The lowest BCUT2D eigenvalue weighted by atomic mass is 9.95. The fourth-order valence-corrected chi connectivity index (χ4v) is 2.16. The Morgan fingerprint density at radius 2 is 2.11 bits per heavy atom. The molecule has 1 heterocycles. The molecular weight excluding hydrogens is 244 g/mol. The van der Waals surface area contributed by atoms with Crippen LogP contribution in [-0.4, -0.2) is 26.5 Å². The number of anilines is 1. The molecule has 1 amide bonds. The van der Waals surface area contributed by atoms with E-state index in [9.17, 15) is 4.79 Å². The van der Waals surface area contributed by atoms with Gasteiger partial charge in [-0.3, -0.25) is 4.79 Å².